The molecule has 0 saturated heterocycles. The molecule has 0 aliphatic rings. The van der Waals surface area contributed by atoms with Gasteiger partial charge in [0.05, 0.1) is 4.90 Å². The molecule has 4 nitrogen and oxygen atoms in total. The molecule has 0 aliphatic carbocycles. The van der Waals surface area contributed by atoms with Crippen molar-refractivity contribution >= 4 is 15.7 Å². The first-order chi connectivity index (χ1) is 5.95. The van der Waals surface area contributed by atoms with Crippen LogP contribution in [-0.2, 0) is 16.7 Å². The van der Waals surface area contributed by atoms with Crippen LogP contribution in [0.2, 0.25) is 0 Å². The topological polar surface area (TPSA) is 86.2 Å². The van der Waals surface area contributed by atoms with Gasteiger partial charge in [-0.3, -0.25) is 0 Å². The minimum atomic E-state index is -3.89. The highest BCUT2D eigenvalue weighted by Crippen LogP contribution is 2.18. The average Bonchev–Trinajstić information content (AvgIpc) is 2.03. The molecule has 1 aromatic rings. The Morgan fingerprint density at radius 3 is 2.46 bits per heavy atom. The number of nitrogen functional groups attached to an aromatic ring is 1. The summed E-state index contributed by atoms with van der Waals surface area (Å²) < 4.78 is 34.1. The number of hydrogen-bond acceptors (Lipinski definition) is 3. The summed E-state index contributed by atoms with van der Waals surface area (Å²) >= 11 is 0. The van der Waals surface area contributed by atoms with E-state index in [0.717, 1.165) is 6.07 Å². The predicted molar refractivity (Wildman–Crippen MR) is 47.0 cm³/mol. The molecular formula is C7H9FN2O2S. The quantitative estimate of drug-likeness (QED) is 0.683. The van der Waals surface area contributed by atoms with E-state index in [4.69, 9.17) is 10.9 Å². The van der Waals surface area contributed by atoms with Gasteiger partial charge in [-0.1, -0.05) is 6.07 Å². The van der Waals surface area contributed by atoms with E-state index in [1.807, 2.05) is 0 Å². The lowest BCUT2D eigenvalue weighted by Crippen LogP contribution is -2.14. The largest absolute Gasteiger partial charge is 0.399 e. The second kappa shape index (κ2) is 3.31. The maximum absolute atomic E-state index is 12.3. The van der Waals surface area contributed by atoms with E-state index in [-0.39, 0.29) is 16.1 Å². The van der Waals surface area contributed by atoms with Gasteiger partial charge in [0.25, 0.3) is 0 Å². The number of anilines is 1. The van der Waals surface area contributed by atoms with Crippen LogP contribution in [0.15, 0.2) is 23.1 Å². The smallest absolute Gasteiger partial charge is 0.238 e. The molecule has 0 bridgehead atoms. The number of rotatable bonds is 2. The molecular weight excluding hydrogens is 195 g/mol. The highest BCUT2D eigenvalue weighted by atomic mass is 32.2. The maximum Gasteiger partial charge on any atom is 0.238 e. The number of benzene rings is 1. The second-order valence-electron chi connectivity index (χ2n) is 2.55. The van der Waals surface area contributed by atoms with E-state index < -0.39 is 16.7 Å². The van der Waals surface area contributed by atoms with Crippen molar-refractivity contribution in [3.63, 3.8) is 0 Å². The minimum absolute atomic E-state index is 0.0247. The zero-order valence-electron chi connectivity index (χ0n) is 6.70. The number of sulfonamides is 1. The Morgan fingerprint density at radius 1 is 1.38 bits per heavy atom. The van der Waals surface area contributed by atoms with Crippen molar-refractivity contribution in [2.24, 2.45) is 5.14 Å². The Balaban J connectivity index is 3.41. The maximum atomic E-state index is 12.3. The summed E-state index contributed by atoms with van der Waals surface area (Å²) in [7, 11) is -3.89. The molecule has 0 unspecified atom stereocenters. The van der Waals surface area contributed by atoms with Gasteiger partial charge >= 0.3 is 0 Å². The molecule has 1 aromatic carbocycles. The van der Waals surface area contributed by atoms with Crippen molar-refractivity contribution in [1.82, 2.24) is 0 Å². The standard InChI is InChI=1S/C7H9FN2O2S/c8-4-5-1-2-6(9)3-7(5)13(10,11)12/h1-3H,4,9H2,(H2,10,11,12). The third kappa shape index (κ3) is 2.16. The molecule has 0 amide bonds. The van der Waals surface area contributed by atoms with E-state index in [2.05, 4.69) is 0 Å². The van der Waals surface area contributed by atoms with Crippen LogP contribution in [-0.4, -0.2) is 8.42 Å². The molecule has 0 aliphatic heterocycles. The van der Waals surface area contributed by atoms with Gasteiger partial charge in [0.1, 0.15) is 6.67 Å². The Bertz CT molecular complexity index is 417. The van der Waals surface area contributed by atoms with Crippen LogP contribution in [0, 0.1) is 0 Å². The van der Waals surface area contributed by atoms with Crippen LogP contribution < -0.4 is 10.9 Å². The predicted octanol–water partition coefficient (Wildman–Crippen LogP) is 0.386. The third-order valence-corrected chi connectivity index (χ3v) is 2.53. The fraction of sp³-hybridized carbons (Fsp3) is 0.143. The molecule has 0 spiro atoms. The molecule has 1 rings (SSSR count). The van der Waals surface area contributed by atoms with Crippen molar-refractivity contribution in [2.45, 2.75) is 11.6 Å². The van der Waals surface area contributed by atoms with Gasteiger partial charge in [-0.2, -0.15) is 0 Å². The first-order valence-electron chi connectivity index (χ1n) is 3.42. The zero-order chi connectivity index (χ0) is 10.1. The van der Waals surface area contributed by atoms with E-state index >= 15 is 0 Å². The van der Waals surface area contributed by atoms with Crippen molar-refractivity contribution in [1.29, 1.82) is 0 Å². The van der Waals surface area contributed by atoms with Gasteiger partial charge < -0.3 is 5.73 Å². The van der Waals surface area contributed by atoms with Crippen molar-refractivity contribution in [3.8, 4) is 0 Å². The fourth-order valence-electron chi connectivity index (χ4n) is 0.946. The van der Waals surface area contributed by atoms with Gasteiger partial charge in [-0.05, 0) is 12.1 Å². The molecule has 0 atom stereocenters. The van der Waals surface area contributed by atoms with E-state index in [1.54, 1.807) is 0 Å². The molecule has 4 N–H and O–H groups in total. The van der Waals surface area contributed by atoms with Crippen molar-refractivity contribution < 1.29 is 12.8 Å². The van der Waals surface area contributed by atoms with Crippen LogP contribution in [0.1, 0.15) is 5.56 Å². The van der Waals surface area contributed by atoms with E-state index in [1.165, 1.54) is 12.1 Å². The summed E-state index contributed by atoms with van der Waals surface area (Å²) in [6.07, 6.45) is 0. The van der Waals surface area contributed by atoms with Crippen LogP contribution in [0.4, 0.5) is 10.1 Å². The Labute approximate surface area is 75.4 Å². The van der Waals surface area contributed by atoms with E-state index in [0.29, 0.717) is 0 Å². The first kappa shape index (κ1) is 9.94. The molecule has 0 heterocycles. The normalized spacial score (nSPS) is 11.5. The lowest BCUT2D eigenvalue weighted by atomic mass is 10.2. The molecule has 0 fully saturated rings. The molecule has 13 heavy (non-hydrogen) atoms. The summed E-state index contributed by atoms with van der Waals surface area (Å²) in [5.41, 5.74) is 5.60. The Kier molecular flexibility index (Phi) is 2.53. The fourth-order valence-corrected chi connectivity index (χ4v) is 1.73. The minimum Gasteiger partial charge on any atom is -0.399 e. The van der Waals surface area contributed by atoms with Crippen LogP contribution in [0.5, 0.6) is 0 Å². The summed E-state index contributed by atoms with van der Waals surface area (Å²) in [6.45, 7) is -0.883. The number of primary sulfonamides is 1. The Hall–Kier alpha value is -1.14. The zero-order valence-corrected chi connectivity index (χ0v) is 7.51. The molecule has 0 radical (unpaired) electrons. The highest BCUT2D eigenvalue weighted by Gasteiger charge is 2.13. The van der Waals surface area contributed by atoms with E-state index in [9.17, 15) is 12.8 Å². The lowest BCUT2D eigenvalue weighted by Gasteiger charge is -2.04. The van der Waals surface area contributed by atoms with Crippen molar-refractivity contribution in [2.75, 3.05) is 5.73 Å². The van der Waals surface area contributed by atoms with Crippen LogP contribution in [0.25, 0.3) is 0 Å². The summed E-state index contributed by atoms with van der Waals surface area (Å²) in [5.74, 6) is 0. The van der Waals surface area contributed by atoms with Gasteiger partial charge in [0.2, 0.25) is 10.0 Å². The number of alkyl halides is 1. The number of nitrogens with two attached hydrogens (primary N) is 2. The van der Waals surface area contributed by atoms with Crippen LogP contribution in [0.3, 0.4) is 0 Å². The lowest BCUT2D eigenvalue weighted by molar-refractivity contribution is 0.478. The number of hydrogen-bond donors (Lipinski definition) is 2. The van der Waals surface area contributed by atoms with Gasteiger partial charge in [0.15, 0.2) is 0 Å². The summed E-state index contributed by atoms with van der Waals surface area (Å²) in [4.78, 5) is -0.255. The highest BCUT2D eigenvalue weighted by molar-refractivity contribution is 7.89. The second-order valence-corrected chi connectivity index (χ2v) is 4.08. The van der Waals surface area contributed by atoms with Gasteiger partial charge in [-0.25, -0.2) is 17.9 Å². The first-order valence-corrected chi connectivity index (χ1v) is 4.97. The molecule has 0 aromatic heterocycles. The third-order valence-electron chi connectivity index (χ3n) is 1.54. The van der Waals surface area contributed by atoms with Crippen molar-refractivity contribution in [3.05, 3.63) is 23.8 Å². The van der Waals surface area contributed by atoms with Crippen LogP contribution >= 0.6 is 0 Å². The number of halogens is 1. The molecule has 6 heteroatoms. The molecule has 0 saturated carbocycles. The molecule has 72 valence electrons. The monoisotopic (exact) mass is 204 g/mol. The summed E-state index contributed by atoms with van der Waals surface area (Å²) in [6, 6.07) is 3.86. The average molecular weight is 204 g/mol. The van der Waals surface area contributed by atoms with Gasteiger partial charge in [-0.15, -0.1) is 0 Å². The SMILES string of the molecule is Nc1ccc(CF)c(S(N)(=O)=O)c1. The Morgan fingerprint density at radius 2 is 2.00 bits per heavy atom. The van der Waals surface area contributed by atoms with Gasteiger partial charge in [0, 0.05) is 11.3 Å². The summed E-state index contributed by atoms with van der Waals surface area (Å²) in [5, 5.41) is 4.85.